The Morgan fingerprint density at radius 1 is 1.35 bits per heavy atom. The molecule has 0 unspecified atom stereocenters. The van der Waals surface area contributed by atoms with E-state index in [2.05, 4.69) is 15.5 Å². The highest BCUT2D eigenvalue weighted by Crippen LogP contribution is 2.11. The number of aromatic nitrogens is 1. The number of nitrogens with one attached hydrogen (secondary N) is 1. The Balaban J connectivity index is 2.01. The monoisotopic (exact) mass is 295 g/mol. The average molecular weight is 295 g/mol. The number of rotatable bonds is 4. The highest BCUT2D eigenvalue weighted by atomic mass is 32.2. The van der Waals surface area contributed by atoms with E-state index in [0.29, 0.717) is 0 Å². The second-order valence-electron chi connectivity index (χ2n) is 3.55. The van der Waals surface area contributed by atoms with Crippen molar-refractivity contribution in [2.24, 2.45) is 5.10 Å². The molecule has 0 aliphatic carbocycles. The molecule has 0 saturated heterocycles. The third-order valence-electron chi connectivity index (χ3n) is 2.11. The van der Waals surface area contributed by atoms with Gasteiger partial charge in [0.2, 0.25) is 5.09 Å². The molecule has 0 radical (unpaired) electrons. The number of carbonyl (C=O) groups excluding carboxylic acids is 1. The first-order valence-electron chi connectivity index (χ1n) is 5.28. The van der Waals surface area contributed by atoms with E-state index >= 15 is 0 Å². The summed E-state index contributed by atoms with van der Waals surface area (Å²) < 4.78 is 35.0. The lowest BCUT2D eigenvalue weighted by atomic mass is 10.3. The van der Waals surface area contributed by atoms with Crippen LogP contribution in [0.2, 0.25) is 0 Å². The molecule has 8 nitrogen and oxygen atoms in total. The van der Waals surface area contributed by atoms with E-state index in [1.165, 1.54) is 18.3 Å². The topological polar surface area (TPSA) is 122 Å². The van der Waals surface area contributed by atoms with E-state index in [-0.39, 0.29) is 11.5 Å². The van der Waals surface area contributed by atoms with Crippen LogP contribution in [0.25, 0.3) is 0 Å². The van der Waals surface area contributed by atoms with Gasteiger partial charge in [-0.05, 0) is 24.3 Å². The van der Waals surface area contributed by atoms with Crippen LogP contribution in [0.15, 0.2) is 51.1 Å². The van der Waals surface area contributed by atoms with Crippen LogP contribution in [0, 0.1) is 0 Å². The molecule has 0 aliphatic rings. The van der Waals surface area contributed by atoms with Crippen molar-refractivity contribution in [1.29, 1.82) is 0 Å². The van der Waals surface area contributed by atoms with Crippen LogP contribution in [0.3, 0.4) is 0 Å². The minimum Gasteiger partial charge on any atom is -0.441 e. The molecule has 2 rings (SSSR count). The molecule has 104 valence electrons. The lowest BCUT2D eigenvalue weighted by molar-refractivity contribution is 0.0950. The van der Waals surface area contributed by atoms with E-state index < -0.39 is 21.1 Å². The number of hydrogen-bond acceptors (Lipinski definition) is 6. The first kappa shape index (κ1) is 13.9. The molecule has 1 amide bonds. The second kappa shape index (κ2) is 5.63. The van der Waals surface area contributed by atoms with Gasteiger partial charge in [0.25, 0.3) is 5.91 Å². The number of carbonyl (C=O) groups is 1. The van der Waals surface area contributed by atoms with Gasteiger partial charge in [-0.3, -0.25) is 14.3 Å². The van der Waals surface area contributed by atoms with Gasteiger partial charge in [-0.2, -0.15) is 13.5 Å². The zero-order valence-electron chi connectivity index (χ0n) is 9.92. The van der Waals surface area contributed by atoms with Crippen LogP contribution in [0.1, 0.15) is 16.2 Å². The maximum absolute atomic E-state index is 11.5. The summed E-state index contributed by atoms with van der Waals surface area (Å²) in [6.45, 7) is 0. The van der Waals surface area contributed by atoms with E-state index in [4.69, 9.17) is 8.97 Å². The quantitative estimate of drug-likeness (QED) is 0.486. The molecule has 0 saturated carbocycles. The van der Waals surface area contributed by atoms with Crippen LogP contribution < -0.4 is 5.43 Å². The van der Waals surface area contributed by atoms with Crippen molar-refractivity contribution in [3.8, 4) is 0 Å². The van der Waals surface area contributed by atoms with Crippen LogP contribution in [-0.4, -0.2) is 30.1 Å². The lowest BCUT2D eigenvalue weighted by Crippen LogP contribution is -2.18. The van der Waals surface area contributed by atoms with Crippen LogP contribution in [0.4, 0.5) is 0 Å². The van der Waals surface area contributed by atoms with Crippen LogP contribution >= 0.6 is 0 Å². The van der Waals surface area contributed by atoms with Gasteiger partial charge in [0.15, 0.2) is 0 Å². The maximum Gasteiger partial charge on any atom is 0.328 e. The van der Waals surface area contributed by atoms with E-state index in [0.717, 1.165) is 12.3 Å². The van der Waals surface area contributed by atoms with E-state index in [1.807, 2.05) is 0 Å². The molecule has 9 heteroatoms. The first-order chi connectivity index (χ1) is 9.47. The minimum absolute atomic E-state index is 0.0546. The molecule has 0 aliphatic heterocycles. The highest BCUT2D eigenvalue weighted by Gasteiger charge is 2.14. The van der Waals surface area contributed by atoms with Crippen molar-refractivity contribution >= 4 is 22.2 Å². The minimum atomic E-state index is -4.39. The van der Waals surface area contributed by atoms with Crippen molar-refractivity contribution in [2.45, 2.75) is 5.09 Å². The summed E-state index contributed by atoms with van der Waals surface area (Å²) in [5, 5.41) is 2.98. The van der Waals surface area contributed by atoms with Gasteiger partial charge in [-0.1, -0.05) is 6.07 Å². The average Bonchev–Trinajstić information content (AvgIpc) is 2.88. The third kappa shape index (κ3) is 3.49. The third-order valence-corrected chi connectivity index (χ3v) is 2.84. The van der Waals surface area contributed by atoms with Gasteiger partial charge in [0.1, 0.15) is 11.5 Å². The summed E-state index contributed by atoms with van der Waals surface area (Å²) in [4.78, 5) is 15.4. The molecule has 0 atom stereocenters. The Kier molecular flexibility index (Phi) is 3.91. The summed E-state index contributed by atoms with van der Waals surface area (Å²) in [5.41, 5.74) is 2.37. The zero-order valence-corrected chi connectivity index (χ0v) is 10.7. The number of pyridine rings is 1. The van der Waals surface area contributed by atoms with Crippen molar-refractivity contribution < 1.29 is 22.2 Å². The summed E-state index contributed by atoms with van der Waals surface area (Å²) >= 11 is 0. The summed E-state index contributed by atoms with van der Waals surface area (Å²) in [5.74, 6) is -0.470. The van der Waals surface area contributed by atoms with Gasteiger partial charge in [-0.15, -0.1) is 0 Å². The van der Waals surface area contributed by atoms with Gasteiger partial charge in [0, 0.05) is 6.20 Å². The van der Waals surface area contributed by atoms with Crippen molar-refractivity contribution in [3.63, 3.8) is 0 Å². The van der Waals surface area contributed by atoms with Gasteiger partial charge in [0.05, 0.1) is 6.21 Å². The maximum atomic E-state index is 11.5. The normalized spacial score (nSPS) is 11.7. The van der Waals surface area contributed by atoms with Crippen LogP contribution in [-0.2, 0) is 10.1 Å². The Hall–Kier alpha value is -2.52. The predicted octanol–water partition coefficient (Wildman–Crippen LogP) is 0.685. The summed E-state index contributed by atoms with van der Waals surface area (Å²) in [7, 11) is -4.39. The number of furan rings is 1. The number of nitrogens with zero attached hydrogens (tertiary/aromatic N) is 2. The van der Waals surface area contributed by atoms with Crippen molar-refractivity contribution in [2.75, 3.05) is 0 Å². The molecule has 0 fully saturated rings. The van der Waals surface area contributed by atoms with Gasteiger partial charge < -0.3 is 4.42 Å². The molecule has 2 aromatic heterocycles. The first-order valence-corrected chi connectivity index (χ1v) is 6.72. The van der Waals surface area contributed by atoms with Crippen molar-refractivity contribution in [1.82, 2.24) is 10.4 Å². The number of hydrazone groups is 1. The molecular weight excluding hydrogens is 286 g/mol. The fourth-order valence-corrected chi connectivity index (χ4v) is 1.69. The molecule has 20 heavy (non-hydrogen) atoms. The molecule has 2 N–H and O–H groups in total. The zero-order chi connectivity index (χ0) is 14.6. The Morgan fingerprint density at radius 3 is 2.75 bits per heavy atom. The Labute approximate surface area is 113 Å². The molecule has 2 aromatic rings. The largest absolute Gasteiger partial charge is 0.441 e. The smallest absolute Gasteiger partial charge is 0.328 e. The molecule has 0 bridgehead atoms. The SMILES string of the molecule is O=C(N/N=C/c1ccc(S(=O)(=O)O)o1)c1ccccn1. The Morgan fingerprint density at radius 2 is 2.15 bits per heavy atom. The molecule has 2 heterocycles. The van der Waals surface area contributed by atoms with E-state index in [1.54, 1.807) is 12.1 Å². The number of amides is 1. The fraction of sp³-hybridized carbons (Fsp3) is 0. The molecular formula is C11H9N3O5S. The summed E-state index contributed by atoms with van der Waals surface area (Å²) in [6, 6.07) is 7.17. The lowest BCUT2D eigenvalue weighted by Gasteiger charge is -1.96. The molecule has 0 aromatic carbocycles. The standard InChI is InChI=1S/C11H9N3O5S/c15-11(9-3-1-2-6-12-9)14-13-7-8-4-5-10(19-8)20(16,17)18/h1-7H,(H,14,15)(H,16,17,18)/b13-7+. The Bertz CT molecular complexity index is 736. The second-order valence-corrected chi connectivity index (χ2v) is 4.90. The van der Waals surface area contributed by atoms with Gasteiger partial charge in [-0.25, -0.2) is 5.43 Å². The van der Waals surface area contributed by atoms with Crippen LogP contribution in [0.5, 0.6) is 0 Å². The van der Waals surface area contributed by atoms with E-state index in [9.17, 15) is 13.2 Å². The summed E-state index contributed by atoms with van der Waals surface area (Å²) in [6.07, 6.45) is 2.55. The van der Waals surface area contributed by atoms with Crippen molar-refractivity contribution in [3.05, 3.63) is 48.0 Å². The molecule has 0 spiro atoms. The predicted molar refractivity (Wildman–Crippen MR) is 67.8 cm³/mol. The highest BCUT2D eigenvalue weighted by molar-refractivity contribution is 7.85. The number of hydrogen-bond donors (Lipinski definition) is 2. The fourth-order valence-electron chi connectivity index (χ4n) is 1.25. The van der Waals surface area contributed by atoms with Gasteiger partial charge >= 0.3 is 10.1 Å².